The zero-order valence-electron chi connectivity index (χ0n) is 13.3. The number of aromatic nitrogens is 3. The summed E-state index contributed by atoms with van der Waals surface area (Å²) in [6, 6.07) is 9.94. The molecule has 2 heterocycles. The van der Waals surface area contributed by atoms with Crippen LogP contribution in [0.4, 0.5) is 5.69 Å². The molecule has 0 bridgehead atoms. The van der Waals surface area contributed by atoms with Crippen LogP contribution in [0.25, 0.3) is 16.9 Å². The number of pyridine rings is 1. The Labute approximate surface area is 143 Å². The second kappa shape index (κ2) is 5.94. The fraction of sp³-hybridized carbons (Fsp3) is 0.167. The number of non-ortho nitro benzene ring substituents is 1. The van der Waals surface area contributed by atoms with Crippen LogP contribution in [0.1, 0.15) is 28.9 Å². The highest BCUT2D eigenvalue weighted by Crippen LogP contribution is 2.33. The van der Waals surface area contributed by atoms with E-state index in [1.54, 1.807) is 35.3 Å². The van der Waals surface area contributed by atoms with Crippen molar-refractivity contribution in [1.29, 1.82) is 0 Å². The lowest BCUT2D eigenvalue weighted by atomic mass is 9.92. The maximum absolute atomic E-state index is 12.5. The monoisotopic (exact) mass is 334 g/mol. The minimum absolute atomic E-state index is 0.00758. The van der Waals surface area contributed by atoms with Crippen molar-refractivity contribution in [1.82, 2.24) is 14.8 Å². The van der Waals surface area contributed by atoms with Crippen LogP contribution in [-0.4, -0.2) is 25.5 Å². The van der Waals surface area contributed by atoms with Gasteiger partial charge in [-0.15, -0.1) is 0 Å². The number of nitro groups is 1. The predicted molar refractivity (Wildman–Crippen MR) is 90.7 cm³/mol. The van der Waals surface area contributed by atoms with Gasteiger partial charge in [-0.1, -0.05) is 6.07 Å². The summed E-state index contributed by atoms with van der Waals surface area (Å²) in [5, 5.41) is 15.7. The van der Waals surface area contributed by atoms with Gasteiger partial charge in [0.25, 0.3) is 5.69 Å². The Morgan fingerprint density at radius 2 is 2.04 bits per heavy atom. The number of Topliss-reactive ketones (excluding diaryl/α,β-unsaturated/α-hetero) is 1. The molecule has 3 aromatic rings. The molecule has 1 aliphatic rings. The number of nitro benzene ring substituents is 1. The van der Waals surface area contributed by atoms with Crippen molar-refractivity contribution in [2.75, 3.05) is 0 Å². The van der Waals surface area contributed by atoms with Gasteiger partial charge in [-0.05, 0) is 31.0 Å². The first kappa shape index (κ1) is 15.2. The van der Waals surface area contributed by atoms with Gasteiger partial charge in [-0.2, -0.15) is 5.10 Å². The van der Waals surface area contributed by atoms with Gasteiger partial charge in [0.1, 0.15) is 5.69 Å². The van der Waals surface area contributed by atoms with Crippen molar-refractivity contribution >= 4 is 11.5 Å². The fourth-order valence-corrected chi connectivity index (χ4v) is 3.18. The van der Waals surface area contributed by atoms with Crippen LogP contribution in [0.5, 0.6) is 0 Å². The molecule has 0 fully saturated rings. The maximum atomic E-state index is 12.5. The quantitative estimate of drug-likeness (QED) is 0.541. The summed E-state index contributed by atoms with van der Waals surface area (Å²) in [5.74, 6) is 0.0526. The molecule has 1 aromatic carbocycles. The number of carbonyl (C=O) groups excluding carboxylic acids is 1. The average molecular weight is 334 g/mol. The molecule has 0 atom stereocenters. The fourth-order valence-electron chi connectivity index (χ4n) is 3.18. The van der Waals surface area contributed by atoms with Gasteiger partial charge >= 0.3 is 0 Å². The van der Waals surface area contributed by atoms with Gasteiger partial charge < -0.3 is 0 Å². The maximum Gasteiger partial charge on any atom is 0.271 e. The van der Waals surface area contributed by atoms with Crippen LogP contribution in [-0.2, 0) is 6.42 Å². The molecule has 1 aliphatic carbocycles. The normalized spacial score (nSPS) is 13.5. The van der Waals surface area contributed by atoms with Crippen molar-refractivity contribution in [3.63, 3.8) is 0 Å². The third-order valence-electron chi connectivity index (χ3n) is 4.30. The molecule has 0 saturated heterocycles. The lowest BCUT2D eigenvalue weighted by Gasteiger charge is -2.13. The second-order valence-corrected chi connectivity index (χ2v) is 5.88. The number of hydrogen-bond donors (Lipinski definition) is 0. The lowest BCUT2D eigenvalue weighted by molar-refractivity contribution is -0.384. The highest BCUT2D eigenvalue weighted by Gasteiger charge is 2.28. The summed E-state index contributed by atoms with van der Waals surface area (Å²) < 4.78 is 1.65. The van der Waals surface area contributed by atoms with Gasteiger partial charge in [0.15, 0.2) is 5.78 Å². The van der Waals surface area contributed by atoms with E-state index in [2.05, 4.69) is 10.1 Å². The third kappa shape index (κ3) is 2.59. The summed E-state index contributed by atoms with van der Waals surface area (Å²) in [6.07, 6.45) is 5.27. The van der Waals surface area contributed by atoms with E-state index in [1.165, 1.54) is 12.1 Å². The van der Waals surface area contributed by atoms with Gasteiger partial charge in [0.2, 0.25) is 0 Å². The SMILES string of the molecule is O=C1CCCc2c1c(-c1cccnc1)nn2-c1cccc([N+](=O)[O-])c1. The molecule has 7 heteroatoms. The van der Waals surface area contributed by atoms with Crippen LogP contribution in [0.15, 0.2) is 48.8 Å². The highest BCUT2D eigenvalue weighted by atomic mass is 16.6. The lowest BCUT2D eigenvalue weighted by Crippen LogP contribution is -2.13. The molecule has 2 aromatic heterocycles. The van der Waals surface area contributed by atoms with Gasteiger partial charge in [0, 0.05) is 36.5 Å². The molecule has 0 aliphatic heterocycles. The summed E-state index contributed by atoms with van der Waals surface area (Å²) in [7, 11) is 0. The number of carbonyl (C=O) groups is 1. The Kier molecular flexibility index (Phi) is 3.61. The summed E-state index contributed by atoms with van der Waals surface area (Å²) in [4.78, 5) is 27.2. The molecule has 4 rings (SSSR count). The van der Waals surface area contributed by atoms with Crippen LogP contribution in [0.3, 0.4) is 0 Å². The summed E-state index contributed by atoms with van der Waals surface area (Å²) in [6.45, 7) is 0. The number of nitrogens with zero attached hydrogens (tertiary/aromatic N) is 4. The molecular formula is C18H14N4O3. The summed E-state index contributed by atoms with van der Waals surface area (Å²) >= 11 is 0. The Morgan fingerprint density at radius 1 is 1.16 bits per heavy atom. The zero-order valence-corrected chi connectivity index (χ0v) is 13.3. The Morgan fingerprint density at radius 3 is 2.80 bits per heavy atom. The largest absolute Gasteiger partial charge is 0.294 e. The van der Waals surface area contributed by atoms with E-state index in [0.29, 0.717) is 29.8 Å². The number of ketones is 1. The van der Waals surface area contributed by atoms with E-state index in [1.807, 2.05) is 6.07 Å². The van der Waals surface area contributed by atoms with Crippen LogP contribution in [0, 0.1) is 10.1 Å². The standard InChI is InChI=1S/C18H14N4O3/c23-16-8-2-7-15-17(16)18(12-4-3-9-19-11-12)20-21(15)13-5-1-6-14(10-13)22(24)25/h1,3-6,9-11H,2,7-8H2. The molecule has 0 radical (unpaired) electrons. The van der Waals surface area contributed by atoms with Crippen LogP contribution in [0.2, 0.25) is 0 Å². The van der Waals surface area contributed by atoms with Crippen LogP contribution < -0.4 is 0 Å². The molecule has 0 amide bonds. The van der Waals surface area contributed by atoms with E-state index in [9.17, 15) is 14.9 Å². The molecule has 0 saturated carbocycles. The molecule has 25 heavy (non-hydrogen) atoms. The zero-order chi connectivity index (χ0) is 17.4. The van der Waals surface area contributed by atoms with E-state index in [-0.39, 0.29) is 11.5 Å². The van der Waals surface area contributed by atoms with Crippen molar-refractivity contribution in [2.24, 2.45) is 0 Å². The first-order chi connectivity index (χ1) is 12.1. The average Bonchev–Trinajstić information content (AvgIpc) is 3.04. The summed E-state index contributed by atoms with van der Waals surface area (Å²) in [5.41, 5.74) is 3.32. The van der Waals surface area contributed by atoms with Gasteiger partial charge in [-0.3, -0.25) is 19.9 Å². The van der Waals surface area contributed by atoms with E-state index in [4.69, 9.17) is 0 Å². The van der Waals surface area contributed by atoms with E-state index < -0.39 is 4.92 Å². The van der Waals surface area contributed by atoms with Crippen molar-refractivity contribution in [3.8, 4) is 16.9 Å². The smallest absolute Gasteiger partial charge is 0.271 e. The van der Waals surface area contributed by atoms with E-state index >= 15 is 0 Å². The van der Waals surface area contributed by atoms with E-state index in [0.717, 1.165) is 17.7 Å². The first-order valence-corrected chi connectivity index (χ1v) is 7.95. The predicted octanol–water partition coefficient (Wildman–Crippen LogP) is 3.36. The van der Waals surface area contributed by atoms with Crippen molar-refractivity contribution < 1.29 is 9.72 Å². The molecule has 124 valence electrons. The Bertz CT molecular complexity index is 979. The third-order valence-corrected chi connectivity index (χ3v) is 4.30. The topological polar surface area (TPSA) is 90.9 Å². The van der Waals surface area contributed by atoms with Gasteiger partial charge in [-0.25, -0.2) is 4.68 Å². The minimum atomic E-state index is -0.438. The molecular weight excluding hydrogens is 320 g/mol. The number of hydrogen-bond acceptors (Lipinski definition) is 5. The number of rotatable bonds is 3. The van der Waals surface area contributed by atoms with Crippen LogP contribution >= 0.6 is 0 Å². The van der Waals surface area contributed by atoms with Crippen molar-refractivity contribution in [2.45, 2.75) is 19.3 Å². The Balaban J connectivity index is 1.94. The molecule has 7 nitrogen and oxygen atoms in total. The highest BCUT2D eigenvalue weighted by molar-refractivity contribution is 6.03. The minimum Gasteiger partial charge on any atom is -0.294 e. The Hall–Kier alpha value is -3.35. The number of fused-ring (bicyclic) bond motifs is 1. The molecule has 0 unspecified atom stereocenters. The van der Waals surface area contributed by atoms with Gasteiger partial charge in [0.05, 0.1) is 21.9 Å². The second-order valence-electron chi connectivity index (χ2n) is 5.88. The molecule has 0 N–H and O–H groups in total. The first-order valence-electron chi connectivity index (χ1n) is 7.95. The molecule has 0 spiro atoms. The number of benzene rings is 1. The van der Waals surface area contributed by atoms with Crippen molar-refractivity contribution in [3.05, 3.63) is 70.2 Å².